The van der Waals surface area contributed by atoms with Crippen LogP contribution in [0.25, 0.3) is 0 Å². The van der Waals surface area contributed by atoms with E-state index >= 15 is 0 Å². The molecule has 3 N–H and O–H groups in total. The van der Waals surface area contributed by atoms with Crippen molar-refractivity contribution in [2.75, 3.05) is 18.2 Å². The summed E-state index contributed by atoms with van der Waals surface area (Å²) in [5, 5.41) is 13.8. The molecule has 0 spiro atoms. The van der Waals surface area contributed by atoms with Gasteiger partial charge >= 0.3 is 0 Å². The number of nitrogen functional groups attached to an aromatic ring is 1. The van der Waals surface area contributed by atoms with Crippen molar-refractivity contribution in [1.29, 1.82) is 0 Å². The van der Waals surface area contributed by atoms with E-state index in [0.29, 0.717) is 6.54 Å². The van der Waals surface area contributed by atoms with Gasteiger partial charge < -0.3 is 15.8 Å². The molecule has 2 aromatic carbocycles. The maximum atomic E-state index is 10.7. The minimum absolute atomic E-state index is 0.0900. The van der Waals surface area contributed by atoms with Gasteiger partial charge in [0.05, 0.1) is 12.0 Å². The summed E-state index contributed by atoms with van der Waals surface area (Å²) >= 11 is 0. The Morgan fingerprint density at radius 2 is 2.05 bits per heavy atom. The Balaban J connectivity index is 2.11. The van der Waals surface area contributed by atoms with Crippen LogP contribution in [0.4, 0.5) is 17.1 Å². The highest BCUT2D eigenvalue weighted by atomic mass is 16.6. The van der Waals surface area contributed by atoms with Crippen LogP contribution in [0.1, 0.15) is 5.56 Å². The molecular formula is C14H15N3O3. The Morgan fingerprint density at radius 3 is 2.70 bits per heavy atom. The van der Waals surface area contributed by atoms with Crippen molar-refractivity contribution in [3.8, 4) is 5.75 Å². The first-order valence-corrected chi connectivity index (χ1v) is 6.01. The summed E-state index contributed by atoms with van der Waals surface area (Å²) in [6.45, 7) is 0.543. The van der Waals surface area contributed by atoms with Crippen molar-refractivity contribution in [3.63, 3.8) is 0 Å². The molecule has 0 saturated heterocycles. The van der Waals surface area contributed by atoms with Crippen LogP contribution >= 0.6 is 0 Å². The van der Waals surface area contributed by atoms with Crippen LogP contribution in [-0.4, -0.2) is 12.0 Å². The van der Waals surface area contributed by atoms with Gasteiger partial charge in [-0.2, -0.15) is 0 Å². The normalized spacial score (nSPS) is 10.1. The van der Waals surface area contributed by atoms with Gasteiger partial charge in [0, 0.05) is 23.9 Å². The number of rotatable bonds is 5. The second-order valence-electron chi connectivity index (χ2n) is 4.20. The van der Waals surface area contributed by atoms with Crippen LogP contribution in [0, 0.1) is 10.1 Å². The van der Waals surface area contributed by atoms with E-state index in [9.17, 15) is 10.1 Å². The number of nitro benzene ring substituents is 1. The lowest BCUT2D eigenvalue weighted by Gasteiger charge is -2.10. The smallest absolute Gasteiger partial charge is 0.292 e. The fraction of sp³-hybridized carbons (Fsp3) is 0.143. The summed E-state index contributed by atoms with van der Waals surface area (Å²) < 4.78 is 5.25. The summed E-state index contributed by atoms with van der Waals surface area (Å²) in [6.07, 6.45) is 0. The largest absolute Gasteiger partial charge is 0.496 e. The van der Waals surface area contributed by atoms with Gasteiger partial charge in [0.25, 0.3) is 5.69 Å². The Bertz CT molecular complexity index is 629. The fourth-order valence-electron chi connectivity index (χ4n) is 1.88. The molecule has 0 aliphatic heterocycles. The maximum absolute atomic E-state index is 10.7. The quantitative estimate of drug-likeness (QED) is 0.496. The van der Waals surface area contributed by atoms with E-state index in [0.717, 1.165) is 17.0 Å². The second kappa shape index (κ2) is 5.92. The molecule has 0 heterocycles. The molecule has 0 atom stereocenters. The predicted octanol–water partition coefficient (Wildman–Crippen LogP) is 2.80. The van der Waals surface area contributed by atoms with E-state index in [1.165, 1.54) is 6.07 Å². The van der Waals surface area contributed by atoms with Crippen LogP contribution in [0.3, 0.4) is 0 Å². The highest BCUT2D eigenvalue weighted by Gasteiger charge is 2.11. The number of hydrogen-bond donors (Lipinski definition) is 2. The van der Waals surface area contributed by atoms with E-state index < -0.39 is 4.92 Å². The fourth-order valence-corrected chi connectivity index (χ4v) is 1.88. The number of ether oxygens (including phenoxy) is 1. The number of hydrogen-bond acceptors (Lipinski definition) is 5. The zero-order chi connectivity index (χ0) is 14.5. The number of nitrogens with zero attached hydrogens (tertiary/aromatic N) is 1. The lowest BCUT2D eigenvalue weighted by atomic mass is 10.2. The summed E-state index contributed by atoms with van der Waals surface area (Å²) in [5.41, 5.74) is 7.40. The zero-order valence-corrected chi connectivity index (χ0v) is 11.0. The van der Waals surface area contributed by atoms with Crippen LogP contribution in [-0.2, 0) is 6.54 Å². The Labute approximate surface area is 116 Å². The average molecular weight is 273 g/mol. The van der Waals surface area contributed by atoms with E-state index in [-0.39, 0.29) is 11.4 Å². The van der Waals surface area contributed by atoms with Gasteiger partial charge in [-0.15, -0.1) is 0 Å². The number of methoxy groups -OCH3 is 1. The number of anilines is 2. The monoisotopic (exact) mass is 273 g/mol. The van der Waals surface area contributed by atoms with Crippen molar-refractivity contribution in [3.05, 3.63) is 58.1 Å². The third kappa shape index (κ3) is 2.97. The molecule has 20 heavy (non-hydrogen) atoms. The first kappa shape index (κ1) is 13.7. The highest BCUT2D eigenvalue weighted by molar-refractivity contribution is 5.65. The van der Waals surface area contributed by atoms with E-state index in [1.54, 1.807) is 19.2 Å². The number of nitrogens with two attached hydrogens (primary N) is 1. The van der Waals surface area contributed by atoms with Crippen LogP contribution in [0.15, 0.2) is 42.5 Å². The molecule has 0 fully saturated rings. The third-order valence-corrected chi connectivity index (χ3v) is 2.90. The topological polar surface area (TPSA) is 90.4 Å². The van der Waals surface area contributed by atoms with Crippen molar-refractivity contribution in [2.45, 2.75) is 6.54 Å². The zero-order valence-electron chi connectivity index (χ0n) is 11.0. The highest BCUT2D eigenvalue weighted by Crippen LogP contribution is 2.25. The molecule has 0 aliphatic rings. The molecule has 6 heteroatoms. The molecule has 2 aromatic rings. The molecule has 6 nitrogen and oxygen atoms in total. The van der Waals surface area contributed by atoms with Gasteiger partial charge in [0.15, 0.2) is 0 Å². The predicted molar refractivity (Wildman–Crippen MR) is 77.8 cm³/mol. The summed E-state index contributed by atoms with van der Waals surface area (Å²) in [6, 6.07) is 12.2. The molecule has 0 saturated carbocycles. The van der Waals surface area contributed by atoms with Gasteiger partial charge in [-0.1, -0.05) is 18.2 Å². The number of benzene rings is 2. The molecule has 0 radical (unpaired) electrons. The molecule has 0 aliphatic carbocycles. The van der Waals surface area contributed by atoms with Gasteiger partial charge in [0.1, 0.15) is 11.4 Å². The maximum Gasteiger partial charge on any atom is 0.292 e. The molecule has 104 valence electrons. The van der Waals surface area contributed by atoms with Gasteiger partial charge in [-0.25, -0.2) is 0 Å². The SMILES string of the molecule is COc1ccccc1CNc1ccc([N+](=O)[O-])c(N)c1. The van der Waals surface area contributed by atoms with Gasteiger partial charge in [-0.3, -0.25) is 10.1 Å². The summed E-state index contributed by atoms with van der Waals surface area (Å²) in [4.78, 5) is 10.2. The lowest BCUT2D eigenvalue weighted by Crippen LogP contribution is -2.03. The number of nitro groups is 1. The molecule has 0 unspecified atom stereocenters. The lowest BCUT2D eigenvalue weighted by molar-refractivity contribution is -0.383. The Morgan fingerprint density at radius 1 is 1.30 bits per heavy atom. The van der Waals surface area contributed by atoms with Crippen molar-refractivity contribution in [1.82, 2.24) is 0 Å². The van der Waals surface area contributed by atoms with E-state index in [1.807, 2.05) is 24.3 Å². The Kier molecular flexibility index (Phi) is 4.05. The van der Waals surface area contributed by atoms with Crippen LogP contribution < -0.4 is 15.8 Å². The molecule has 0 amide bonds. The van der Waals surface area contributed by atoms with Gasteiger partial charge in [-0.05, 0) is 18.2 Å². The molecule has 0 aromatic heterocycles. The molecular weight excluding hydrogens is 258 g/mol. The third-order valence-electron chi connectivity index (χ3n) is 2.90. The standard InChI is InChI=1S/C14H15N3O3/c1-20-14-5-3-2-4-10(14)9-16-11-6-7-13(17(18)19)12(15)8-11/h2-8,16H,9,15H2,1H3. The average Bonchev–Trinajstić information content (AvgIpc) is 2.45. The minimum atomic E-state index is -0.501. The number of nitrogens with one attached hydrogen (secondary N) is 1. The number of para-hydroxylation sites is 1. The molecule has 0 bridgehead atoms. The second-order valence-corrected chi connectivity index (χ2v) is 4.20. The Hall–Kier alpha value is -2.76. The van der Waals surface area contributed by atoms with E-state index in [4.69, 9.17) is 10.5 Å². The first-order chi connectivity index (χ1) is 9.61. The van der Waals surface area contributed by atoms with Crippen molar-refractivity contribution in [2.24, 2.45) is 0 Å². The van der Waals surface area contributed by atoms with Gasteiger partial charge in [0.2, 0.25) is 0 Å². The molecule has 2 rings (SSSR count). The summed E-state index contributed by atoms with van der Waals surface area (Å²) in [7, 11) is 1.61. The van der Waals surface area contributed by atoms with Crippen molar-refractivity contribution < 1.29 is 9.66 Å². The van der Waals surface area contributed by atoms with Crippen LogP contribution in [0.5, 0.6) is 5.75 Å². The van der Waals surface area contributed by atoms with Crippen molar-refractivity contribution >= 4 is 17.1 Å². The first-order valence-electron chi connectivity index (χ1n) is 6.01. The summed E-state index contributed by atoms with van der Waals surface area (Å²) in [5.74, 6) is 0.787. The minimum Gasteiger partial charge on any atom is -0.496 e. The van der Waals surface area contributed by atoms with Crippen LogP contribution in [0.2, 0.25) is 0 Å². The van der Waals surface area contributed by atoms with E-state index in [2.05, 4.69) is 5.32 Å².